The van der Waals surface area contributed by atoms with Crippen molar-refractivity contribution in [2.45, 2.75) is 20.3 Å². The molecule has 0 saturated heterocycles. The number of anilines is 4. The number of halogens is 2. The van der Waals surface area contributed by atoms with Gasteiger partial charge >= 0.3 is 0 Å². The molecule has 0 aliphatic heterocycles. The van der Waals surface area contributed by atoms with Crippen LogP contribution in [0.3, 0.4) is 0 Å². The van der Waals surface area contributed by atoms with E-state index < -0.39 is 11.6 Å². The lowest BCUT2D eigenvalue weighted by Crippen LogP contribution is -2.03. The van der Waals surface area contributed by atoms with Crippen molar-refractivity contribution in [1.29, 1.82) is 0 Å². The SMILES string of the molecule is CCc1cccc(C)c1Nc1ccnc(Nc2ccc(F)c(F)c2)n1. The van der Waals surface area contributed by atoms with Crippen molar-refractivity contribution in [2.75, 3.05) is 10.6 Å². The molecule has 6 heteroatoms. The lowest BCUT2D eigenvalue weighted by Gasteiger charge is -2.14. The lowest BCUT2D eigenvalue weighted by molar-refractivity contribution is 0.509. The number of hydrogen-bond acceptors (Lipinski definition) is 4. The number of rotatable bonds is 5. The third kappa shape index (κ3) is 3.91. The molecular formula is C19H18F2N4. The number of nitrogens with zero attached hydrogens (tertiary/aromatic N) is 2. The number of para-hydroxylation sites is 1. The monoisotopic (exact) mass is 340 g/mol. The fraction of sp³-hybridized carbons (Fsp3) is 0.158. The predicted molar refractivity (Wildman–Crippen MR) is 95.5 cm³/mol. The van der Waals surface area contributed by atoms with Crippen molar-refractivity contribution in [3.05, 3.63) is 71.4 Å². The maximum Gasteiger partial charge on any atom is 0.229 e. The van der Waals surface area contributed by atoms with Crippen LogP contribution in [-0.4, -0.2) is 9.97 Å². The summed E-state index contributed by atoms with van der Waals surface area (Å²) >= 11 is 0. The fourth-order valence-corrected chi connectivity index (χ4v) is 2.52. The largest absolute Gasteiger partial charge is 0.340 e. The van der Waals surface area contributed by atoms with Crippen LogP contribution in [0.25, 0.3) is 0 Å². The Bertz CT molecular complexity index is 896. The molecule has 0 unspecified atom stereocenters. The van der Waals surface area contributed by atoms with Crippen LogP contribution in [0.4, 0.5) is 31.9 Å². The molecule has 0 aliphatic carbocycles. The zero-order valence-corrected chi connectivity index (χ0v) is 14.0. The first-order valence-electron chi connectivity index (χ1n) is 7.97. The van der Waals surface area contributed by atoms with E-state index in [1.165, 1.54) is 11.6 Å². The number of aryl methyl sites for hydroxylation is 2. The highest BCUT2D eigenvalue weighted by molar-refractivity contribution is 5.65. The molecule has 128 valence electrons. The van der Waals surface area contributed by atoms with Gasteiger partial charge in [-0.15, -0.1) is 0 Å². The molecule has 1 aromatic heterocycles. The minimum absolute atomic E-state index is 0.294. The van der Waals surface area contributed by atoms with E-state index in [0.29, 0.717) is 17.5 Å². The zero-order valence-electron chi connectivity index (χ0n) is 14.0. The zero-order chi connectivity index (χ0) is 17.8. The molecule has 0 amide bonds. The molecule has 0 atom stereocenters. The Kier molecular flexibility index (Phi) is 4.88. The minimum atomic E-state index is -0.924. The maximum absolute atomic E-state index is 13.3. The average molecular weight is 340 g/mol. The van der Waals surface area contributed by atoms with Gasteiger partial charge in [0.05, 0.1) is 0 Å². The summed E-state index contributed by atoms with van der Waals surface area (Å²) < 4.78 is 26.3. The molecule has 0 radical (unpaired) electrons. The molecule has 0 fully saturated rings. The summed E-state index contributed by atoms with van der Waals surface area (Å²) in [6.45, 7) is 4.12. The van der Waals surface area contributed by atoms with Gasteiger partial charge in [-0.1, -0.05) is 25.1 Å². The van der Waals surface area contributed by atoms with E-state index in [-0.39, 0.29) is 0 Å². The molecule has 0 bridgehead atoms. The Morgan fingerprint density at radius 1 is 1.00 bits per heavy atom. The first-order chi connectivity index (χ1) is 12.1. The predicted octanol–water partition coefficient (Wildman–Crippen LogP) is 5.11. The quantitative estimate of drug-likeness (QED) is 0.677. The van der Waals surface area contributed by atoms with Crippen LogP contribution in [-0.2, 0) is 6.42 Å². The second-order valence-electron chi connectivity index (χ2n) is 5.61. The Balaban J connectivity index is 1.83. The van der Waals surface area contributed by atoms with Crippen LogP contribution < -0.4 is 10.6 Å². The molecule has 1 heterocycles. The van der Waals surface area contributed by atoms with Gasteiger partial charge in [0.2, 0.25) is 5.95 Å². The Morgan fingerprint density at radius 2 is 1.84 bits per heavy atom. The van der Waals surface area contributed by atoms with Gasteiger partial charge in [-0.3, -0.25) is 0 Å². The summed E-state index contributed by atoms with van der Waals surface area (Å²) in [6, 6.07) is 11.4. The van der Waals surface area contributed by atoms with E-state index in [0.717, 1.165) is 29.8 Å². The minimum Gasteiger partial charge on any atom is -0.340 e. The van der Waals surface area contributed by atoms with Crippen molar-refractivity contribution in [1.82, 2.24) is 9.97 Å². The molecule has 25 heavy (non-hydrogen) atoms. The molecule has 0 aliphatic rings. The van der Waals surface area contributed by atoms with Gasteiger partial charge in [-0.25, -0.2) is 13.8 Å². The highest BCUT2D eigenvalue weighted by Crippen LogP contribution is 2.25. The van der Waals surface area contributed by atoms with Crippen molar-refractivity contribution >= 4 is 23.1 Å². The fourth-order valence-electron chi connectivity index (χ4n) is 2.52. The number of aromatic nitrogens is 2. The van der Waals surface area contributed by atoms with Gasteiger partial charge in [0.25, 0.3) is 0 Å². The standard InChI is InChI=1S/C19H18F2N4/c1-3-13-6-4-5-12(2)18(13)24-17-9-10-22-19(25-17)23-14-7-8-15(20)16(21)11-14/h4-11H,3H2,1-2H3,(H2,22,23,24,25). The van der Waals surface area contributed by atoms with E-state index in [9.17, 15) is 8.78 Å². The van der Waals surface area contributed by atoms with E-state index in [1.54, 1.807) is 12.3 Å². The second-order valence-corrected chi connectivity index (χ2v) is 5.61. The van der Waals surface area contributed by atoms with E-state index in [4.69, 9.17) is 0 Å². The summed E-state index contributed by atoms with van der Waals surface area (Å²) in [6.07, 6.45) is 2.50. The molecule has 3 aromatic rings. The van der Waals surface area contributed by atoms with Crippen LogP contribution >= 0.6 is 0 Å². The van der Waals surface area contributed by atoms with Crippen molar-refractivity contribution in [3.8, 4) is 0 Å². The summed E-state index contributed by atoms with van der Waals surface area (Å²) in [5, 5.41) is 6.19. The van der Waals surface area contributed by atoms with Gasteiger partial charge in [0.15, 0.2) is 11.6 Å². The second kappa shape index (κ2) is 7.25. The van der Waals surface area contributed by atoms with Crippen LogP contribution in [0.5, 0.6) is 0 Å². The van der Waals surface area contributed by atoms with Gasteiger partial charge in [-0.2, -0.15) is 4.98 Å². The van der Waals surface area contributed by atoms with Crippen molar-refractivity contribution in [2.24, 2.45) is 0 Å². The van der Waals surface area contributed by atoms with Crippen molar-refractivity contribution in [3.63, 3.8) is 0 Å². The van der Waals surface area contributed by atoms with Gasteiger partial charge in [0.1, 0.15) is 5.82 Å². The maximum atomic E-state index is 13.3. The highest BCUT2D eigenvalue weighted by atomic mass is 19.2. The van der Waals surface area contributed by atoms with Gasteiger partial charge in [-0.05, 0) is 42.7 Å². The lowest BCUT2D eigenvalue weighted by atomic mass is 10.1. The molecule has 0 spiro atoms. The molecular weight excluding hydrogens is 322 g/mol. The number of nitrogens with one attached hydrogen (secondary N) is 2. The van der Waals surface area contributed by atoms with Crippen LogP contribution in [0, 0.1) is 18.6 Å². The molecule has 2 aromatic carbocycles. The van der Waals surface area contributed by atoms with E-state index >= 15 is 0 Å². The van der Waals surface area contributed by atoms with Gasteiger partial charge in [0, 0.05) is 23.6 Å². The number of benzene rings is 2. The number of hydrogen-bond donors (Lipinski definition) is 2. The molecule has 4 nitrogen and oxygen atoms in total. The van der Waals surface area contributed by atoms with Gasteiger partial charge < -0.3 is 10.6 Å². The van der Waals surface area contributed by atoms with Crippen molar-refractivity contribution < 1.29 is 8.78 Å². The third-order valence-corrected chi connectivity index (χ3v) is 3.82. The summed E-state index contributed by atoms with van der Waals surface area (Å²) in [5.41, 5.74) is 3.70. The smallest absolute Gasteiger partial charge is 0.229 e. The Morgan fingerprint density at radius 3 is 2.60 bits per heavy atom. The topological polar surface area (TPSA) is 49.8 Å². The average Bonchev–Trinajstić information content (AvgIpc) is 2.60. The summed E-state index contributed by atoms with van der Waals surface area (Å²) in [5.74, 6) is -0.910. The Hall–Kier alpha value is -3.02. The highest BCUT2D eigenvalue weighted by Gasteiger charge is 2.08. The van der Waals surface area contributed by atoms with E-state index in [2.05, 4.69) is 33.6 Å². The third-order valence-electron chi connectivity index (χ3n) is 3.82. The van der Waals surface area contributed by atoms with Crippen LogP contribution in [0.15, 0.2) is 48.7 Å². The van der Waals surface area contributed by atoms with Crippen LogP contribution in [0.2, 0.25) is 0 Å². The van der Waals surface area contributed by atoms with Crippen LogP contribution in [0.1, 0.15) is 18.1 Å². The van der Waals surface area contributed by atoms with E-state index in [1.807, 2.05) is 19.1 Å². The summed E-state index contributed by atoms with van der Waals surface area (Å²) in [7, 11) is 0. The first kappa shape index (κ1) is 16.8. The molecule has 0 saturated carbocycles. The Labute approximate surface area is 145 Å². The normalized spacial score (nSPS) is 10.6. The molecule has 3 rings (SSSR count). The first-order valence-corrected chi connectivity index (χ1v) is 7.97. The summed E-state index contributed by atoms with van der Waals surface area (Å²) in [4.78, 5) is 8.50. The molecule has 2 N–H and O–H groups in total.